The predicted octanol–water partition coefficient (Wildman–Crippen LogP) is 4.53. The first kappa shape index (κ1) is 15.8. The second kappa shape index (κ2) is 6.58. The molecule has 3 atom stereocenters. The van der Waals surface area contributed by atoms with Crippen molar-refractivity contribution < 1.29 is 4.74 Å². The van der Waals surface area contributed by atoms with Gasteiger partial charge in [-0.05, 0) is 75.7 Å². The van der Waals surface area contributed by atoms with E-state index in [0.29, 0.717) is 6.10 Å². The van der Waals surface area contributed by atoms with Gasteiger partial charge in [0.1, 0.15) is 0 Å². The third-order valence-electron chi connectivity index (χ3n) is 6.22. The maximum absolute atomic E-state index is 6.82. The number of hydrogen-bond donors (Lipinski definition) is 1. The van der Waals surface area contributed by atoms with Crippen molar-refractivity contribution in [3.05, 3.63) is 0 Å². The van der Waals surface area contributed by atoms with Crippen LogP contribution in [0.2, 0.25) is 0 Å². The second-order valence-electron chi connectivity index (χ2n) is 8.50. The molecule has 0 aliphatic heterocycles. The van der Waals surface area contributed by atoms with Gasteiger partial charge in [0.05, 0.1) is 11.7 Å². The van der Waals surface area contributed by atoms with Crippen molar-refractivity contribution in [2.45, 2.75) is 96.3 Å². The maximum atomic E-state index is 6.82. The normalized spacial score (nSPS) is 35.7. The van der Waals surface area contributed by atoms with Crippen molar-refractivity contribution in [3.8, 4) is 0 Å². The molecule has 0 aromatic heterocycles. The van der Waals surface area contributed by atoms with Gasteiger partial charge >= 0.3 is 0 Å². The zero-order valence-electron chi connectivity index (χ0n) is 14.4. The molecule has 2 heteroatoms. The molecule has 3 unspecified atom stereocenters. The standard InChI is InChI=1S/C19H35NO/c1-14(2)17-8-5-15(3)13-18(17)21-19(9-4-10-19)11-12-20-16-6-7-16/h14-18,20H,4-13H2,1-3H3. The van der Waals surface area contributed by atoms with Crippen LogP contribution in [-0.4, -0.2) is 24.3 Å². The maximum Gasteiger partial charge on any atom is 0.0698 e. The Morgan fingerprint density at radius 1 is 1.14 bits per heavy atom. The van der Waals surface area contributed by atoms with E-state index >= 15 is 0 Å². The first-order valence-electron chi connectivity index (χ1n) is 9.49. The minimum atomic E-state index is 0.233. The molecule has 3 aliphatic rings. The third kappa shape index (κ3) is 4.01. The Kier molecular flexibility index (Phi) is 4.95. The Morgan fingerprint density at radius 2 is 1.90 bits per heavy atom. The number of ether oxygens (including phenoxy) is 1. The molecule has 1 N–H and O–H groups in total. The van der Waals surface area contributed by atoms with Gasteiger partial charge in [-0.25, -0.2) is 0 Å². The summed E-state index contributed by atoms with van der Waals surface area (Å²) in [7, 11) is 0. The lowest BCUT2D eigenvalue weighted by molar-refractivity contribution is -0.176. The van der Waals surface area contributed by atoms with Crippen LogP contribution in [0.5, 0.6) is 0 Å². The molecule has 0 bridgehead atoms. The average molecular weight is 293 g/mol. The first-order chi connectivity index (χ1) is 10.1. The topological polar surface area (TPSA) is 21.3 Å². The fourth-order valence-corrected chi connectivity index (χ4v) is 4.36. The molecule has 0 spiro atoms. The lowest BCUT2D eigenvalue weighted by Gasteiger charge is -2.48. The molecule has 21 heavy (non-hydrogen) atoms. The summed E-state index contributed by atoms with van der Waals surface area (Å²) in [6, 6.07) is 0.834. The molecule has 0 heterocycles. The molecule has 0 aromatic carbocycles. The van der Waals surface area contributed by atoms with Gasteiger partial charge in [-0.15, -0.1) is 0 Å². The Bertz CT molecular complexity index is 332. The highest BCUT2D eigenvalue weighted by Gasteiger charge is 2.43. The van der Waals surface area contributed by atoms with Crippen LogP contribution in [0.25, 0.3) is 0 Å². The Labute approximate surface area is 131 Å². The Hall–Kier alpha value is -0.0800. The second-order valence-corrected chi connectivity index (χ2v) is 8.50. The minimum Gasteiger partial charge on any atom is -0.371 e. The van der Waals surface area contributed by atoms with E-state index in [-0.39, 0.29) is 5.60 Å². The molecular weight excluding hydrogens is 258 g/mol. The molecule has 0 radical (unpaired) electrons. The molecule has 122 valence electrons. The highest BCUT2D eigenvalue weighted by atomic mass is 16.5. The van der Waals surface area contributed by atoms with E-state index in [4.69, 9.17) is 4.74 Å². The fraction of sp³-hybridized carbons (Fsp3) is 1.00. The molecule has 2 nitrogen and oxygen atoms in total. The number of nitrogens with one attached hydrogen (secondary N) is 1. The van der Waals surface area contributed by atoms with Crippen LogP contribution in [0.4, 0.5) is 0 Å². The summed E-state index contributed by atoms with van der Waals surface area (Å²) < 4.78 is 6.82. The van der Waals surface area contributed by atoms with Gasteiger partial charge < -0.3 is 10.1 Å². The van der Waals surface area contributed by atoms with Crippen LogP contribution in [-0.2, 0) is 4.74 Å². The molecule has 3 saturated carbocycles. The number of hydrogen-bond acceptors (Lipinski definition) is 2. The van der Waals surface area contributed by atoms with Gasteiger partial charge in [0, 0.05) is 6.04 Å². The van der Waals surface area contributed by atoms with Crippen LogP contribution in [0.15, 0.2) is 0 Å². The first-order valence-corrected chi connectivity index (χ1v) is 9.49. The predicted molar refractivity (Wildman–Crippen MR) is 88.4 cm³/mol. The largest absolute Gasteiger partial charge is 0.371 e. The van der Waals surface area contributed by atoms with Crippen LogP contribution in [0.3, 0.4) is 0 Å². The molecular formula is C19H35NO. The molecule has 3 rings (SSSR count). The van der Waals surface area contributed by atoms with Crippen molar-refractivity contribution in [1.82, 2.24) is 5.32 Å². The fourth-order valence-electron chi connectivity index (χ4n) is 4.36. The van der Waals surface area contributed by atoms with Crippen molar-refractivity contribution in [2.75, 3.05) is 6.54 Å². The molecule has 0 amide bonds. The zero-order chi connectivity index (χ0) is 14.9. The molecule has 0 saturated heterocycles. The summed E-state index contributed by atoms with van der Waals surface area (Å²) in [5.41, 5.74) is 0.233. The quantitative estimate of drug-likeness (QED) is 0.744. The van der Waals surface area contributed by atoms with Crippen molar-refractivity contribution >= 4 is 0 Å². The van der Waals surface area contributed by atoms with E-state index < -0.39 is 0 Å². The number of rotatable bonds is 7. The van der Waals surface area contributed by atoms with Gasteiger partial charge in [0.25, 0.3) is 0 Å². The van der Waals surface area contributed by atoms with E-state index in [0.717, 1.165) is 23.8 Å². The SMILES string of the molecule is CC1CCC(C(C)C)C(OC2(CCNC3CC3)CCC2)C1. The lowest BCUT2D eigenvalue weighted by atomic mass is 9.73. The third-order valence-corrected chi connectivity index (χ3v) is 6.22. The lowest BCUT2D eigenvalue weighted by Crippen LogP contribution is -2.48. The van der Waals surface area contributed by atoms with Gasteiger partial charge in [-0.2, -0.15) is 0 Å². The van der Waals surface area contributed by atoms with Gasteiger partial charge in [-0.3, -0.25) is 0 Å². The Morgan fingerprint density at radius 3 is 2.48 bits per heavy atom. The summed E-state index contributed by atoms with van der Waals surface area (Å²) in [5, 5.41) is 3.68. The zero-order valence-corrected chi connectivity index (χ0v) is 14.4. The van der Waals surface area contributed by atoms with Crippen molar-refractivity contribution in [1.29, 1.82) is 0 Å². The van der Waals surface area contributed by atoms with Crippen LogP contribution in [0.1, 0.15) is 78.6 Å². The highest BCUT2D eigenvalue weighted by Crippen LogP contribution is 2.44. The molecule has 0 aromatic rings. The van der Waals surface area contributed by atoms with Gasteiger partial charge in [0.2, 0.25) is 0 Å². The van der Waals surface area contributed by atoms with E-state index in [2.05, 4.69) is 26.1 Å². The highest BCUT2D eigenvalue weighted by molar-refractivity contribution is 4.94. The van der Waals surface area contributed by atoms with Crippen LogP contribution in [0, 0.1) is 17.8 Å². The van der Waals surface area contributed by atoms with E-state index in [1.54, 1.807) is 0 Å². The molecule has 3 fully saturated rings. The summed E-state index contributed by atoms with van der Waals surface area (Å²) in [6.07, 6.45) is 12.6. The molecule has 3 aliphatic carbocycles. The van der Waals surface area contributed by atoms with Crippen molar-refractivity contribution in [3.63, 3.8) is 0 Å². The summed E-state index contributed by atoms with van der Waals surface area (Å²) in [6.45, 7) is 8.35. The monoisotopic (exact) mass is 293 g/mol. The smallest absolute Gasteiger partial charge is 0.0698 e. The van der Waals surface area contributed by atoms with E-state index in [1.165, 1.54) is 64.3 Å². The van der Waals surface area contributed by atoms with Crippen molar-refractivity contribution in [2.24, 2.45) is 17.8 Å². The van der Waals surface area contributed by atoms with Crippen LogP contribution >= 0.6 is 0 Å². The Balaban J connectivity index is 1.55. The van der Waals surface area contributed by atoms with E-state index in [1.807, 2.05) is 0 Å². The minimum absolute atomic E-state index is 0.233. The summed E-state index contributed by atoms with van der Waals surface area (Å²) in [5.74, 6) is 2.41. The van der Waals surface area contributed by atoms with Gasteiger partial charge in [0.15, 0.2) is 0 Å². The van der Waals surface area contributed by atoms with Crippen LogP contribution < -0.4 is 5.32 Å². The summed E-state index contributed by atoms with van der Waals surface area (Å²) in [4.78, 5) is 0. The summed E-state index contributed by atoms with van der Waals surface area (Å²) >= 11 is 0. The average Bonchev–Trinajstić information content (AvgIpc) is 3.19. The van der Waals surface area contributed by atoms with Gasteiger partial charge in [-0.1, -0.05) is 27.2 Å². The van der Waals surface area contributed by atoms with E-state index in [9.17, 15) is 0 Å².